The summed E-state index contributed by atoms with van der Waals surface area (Å²) in [5.41, 5.74) is -1.31. The highest BCUT2D eigenvalue weighted by Crippen LogP contribution is 2.33. The highest BCUT2D eigenvalue weighted by atomic mass is 35.5. The van der Waals surface area contributed by atoms with Gasteiger partial charge in [0.15, 0.2) is 5.69 Å². The van der Waals surface area contributed by atoms with Gasteiger partial charge in [-0.2, -0.15) is 31.8 Å². The van der Waals surface area contributed by atoms with E-state index in [0.717, 1.165) is 28.9 Å². The molecule has 0 atom stereocenters. The van der Waals surface area contributed by atoms with Gasteiger partial charge in [0.2, 0.25) is 16.5 Å². The minimum Gasteiger partial charge on any atom is -0.324 e. The van der Waals surface area contributed by atoms with Crippen molar-refractivity contribution in [3.8, 4) is 5.69 Å². The Morgan fingerprint density at radius 2 is 1.50 bits per heavy atom. The monoisotopic (exact) mass is 668 g/mol. The number of aromatic amines is 1. The van der Waals surface area contributed by atoms with Crippen LogP contribution in [-0.2, 0) is 20.2 Å². The Kier molecular flexibility index (Phi) is 8.21. The van der Waals surface area contributed by atoms with E-state index in [-0.39, 0.29) is 50.0 Å². The molecule has 0 spiro atoms. The van der Waals surface area contributed by atoms with Crippen molar-refractivity contribution in [3.63, 3.8) is 0 Å². The van der Waals surface area contributed by atoms with Crippen LogP contribution in [0.15, 0.2) is 55.1 Å². The summed E-state index contributed by atoms with van der Waals surface area (Å²) in [6.07, 6.45) is 0. The number of hydrogen-bond donors (Lipinski definition) is 4. The fourth-order valence-electron chi connectivity index (χ4n) is 3.22. The van der Waals surface area contributed by atoms with Gasteiger partial charge in [0.25, 0.3) is 25.8 Å². The minimum absolute atomic E-state index is 0.0897. The molecule has 2 heterocycles. The van der Waals surface area contributed by atoms with Crippen LogP contribution in [0.1, 0.15) is 5.69 Å². The summed E-state index contributed by atoms with van der Waals surface area (Å²) in [5, 5.41) is 11.9. The predicted octanol–water partition coefficient (Wildman–Crippen LogP) is 4.93. The van der Waals surface area contributed by atoms with E-state index in [1.165, 1.54) is 13.0 Å². The van der Waals surface area contributed by atoms with Crippen LogP contribution in [0.25, 0.3) is 5.69 Å². The minimum atomic E-state index is -4.78. The lowest BCUT2D eigenvalue weighted by Crippen LogP contribution is -2.15. The molecule has 0 aliphatic rings. The van der Waals surface area contributed by atoms with Gasteiger partial charge in [0.05, 0.1) is 21.4 Å². The zero-order valence-corrected chi connectivity index (χ0v) is 24.0. The number of nitrogens with zero attached hydrogens (tertiary/aromatic N) is 6. The van der Waals surface area contributed by atoms with E-state index in [9.17, 15) is 30.7 Å². The van der Waals surface area contributed by atoms with Gasteiger partial charge in [0.1, 0.15) is 15.5 Å². The van der Waals surface area contributed by atoms with Crippen LogP contribution in [0, 0.1) is 6.92 Å². The van der Waals surface area contributed by atoms with Crippen molar-refractivity contribution in [1.29, 1.82) is 0 Å². The fraction of sp³-hybridized carbons (Fsp3) is 0.0526. The van der Waals surface area contributed by atoms with Gasteiger partial charge in [0, 0.05) is 5.69 Å². The number of aryl methyl sites for hydroxylation is 1. The molecule has 0 aliphatic carbocycles. The fourth-order valence-corrected chi connectivity index (χ4v) is 5.52. The predicted molar refractivity (Wildman–Crippen MR) is 145 cm³/mol. The largest absolute Gasteiger partial charge is 0.324 e. The maximum absolute atomic E-state index is 13.1. The van der Waals surface area contributed by atoms with Crippen molar-refractivity contribution in [2.24, 2.45) is 10.2 Å². The number of halogens is 4. The first kappa shape index (κ1) is 29.8. The van der Waals surface area contributed by atoms with Crippen LogP contribution in [0.4, 0.5) is 23.0 Å². The summed E-state index contributed by atoms with van der Waals surface area (Å²) < 4.78 is 66.6. The Bertz CT molecular complexity index is 1960. The standard InChI is InChI=1S/C19H12Cl4N8O7S2/c1-7-15(16(32)31(30-7)12-5-10(21)14(6-9(12)20)40(36,37)38)29-28-11-4-8(2-3-13(11)39(33,34)35)24-19-26-17(22)25-18(23)27-19/h2-6,30H,1H3,(H,33,34,35)(H,36,37,38)(H,24,25,26,27). The normalized spacial score (nSPS) is 12.3. The SMILES string of the molecule is Cc1[nH]n(-c2cc(Cl)c(S(=O)(=O)O)cc2Cl)c(=O)c1N=Nc1cc(Nc2nc(Cl)nc(Cl)n2)ccc1S(=O)(=O)O. The smallest absolute Gasteiger partial charge is 0.299 e. The molecule has 21 heteroatoms. The molecule has 2 aromatic heterocycles. The second-order valence-corrected chi connectivity index (χ2v) is 11.9. The molecule has 0 saturated heterocycles. The third-order valence-electron chi connectivity index (χ3n) is 4.89. The summed E-state index contributed by atoms with van der Waals surface area (Å²) in [6, 6.07) is 5.30. The van der Waals surface area contributed by atoms with E-state index in [4.69, 9.17) is 46.4 Å². The molecule has 0 bridgehead atoms. The molecule has 2 aromatic carbocycles. The van der Waals surface area contributed by atoms with Crippen molar-refractivity contribution < 1.29 is 25.9 Å². The summed E-state index contributed by atoms with van der Waals surface area (Å²) in [4.78, 5) is 23.0. The molecule has 4 aromatic rings. The number of anilines is 2. The first-order valence-electron chi connectivity index (χ1n) is 10.2. The van der Waals surface area contributed by atoms with Gasteiger partial charge < -0.3 is 5.32 Å². The molecular weight excluding hydrogens is 658 g/mol. The molecule has 0 aliphatic heterocycles. The molecule has 4 rings (SSSR count). The van der Waals surface area contributed by atoms with Gasteiger partial charge in [-0.25, -0.2) is 4.68 Å². The third-order valence-corrected chi connectivity index (χ3v) is 7.75. The second kappa shape index (κ2) is 11.0. The number of hydrogen-bond acceptors (Lipinski definition) is 11. The molecular formula is C19H12Cl4N8O7S2. The maximum atomic E-state index is 13.1. The van der Waals surface area contributed by atoms with E-state index < -0.39 is 40.6 Å². The van der Waals surface area contributed by atoms with E-state index in [1.807, 2.05) is 0 Å². The number of rotatable bonds is 7. The average molecular weight is 670 g/mol. The zero-order valence-electron chi connectivity index (χ0n) is 19.3. The van der Waals surface area contributed by atoms with Gasteiger partial charge in [-0.05, 0) is 60.5 Å². The first-order valence-corrected chi connectivity index (χ1v) is 14.6. The third kappa shape index (κ3) is 6.42. The van der Waals surface area contributed by atoms with Crippen LogP contribution in [0.5, 0.6) is 0 Å². The summed E-state index contributed by atoms with van der Waals surface area (Å²) in [5.74, 6) is -0.0904. The Balaban J connectivity index is 1.77. The lowest BCUT2D eigenvalue weighted by atomic mass is 10.3. The highest BCUT2D eigenvalue weighted by molar-refractivity contribution is 7.86. The molecule has 0 unspecified atom stereocenters. The van der Waals surface area contributed by atoms with Crippen LogP contribution in [0.3, 0.4) is 0 Å². The van der Waals surface area contributed by atoms with Crippen molar-refractivity contribution >= 4 is 89.7 Å². The van der Waals surface area contributed by atoms with Gasteiger partial charge >= 0.3 is 0 Å². The second-order valence-electron chi connectivity index (χ2n) is 7.61. The van der Waals surface area contributed by atoms with Crippen LogP contribution in [-0.4, -0.2) is 50.7 Å². The Morgan fingerprint density at radius 3 is 2.10 bits per heavy atom. The average Bonchev–Trinajstić information content (AvgIpc) is 3.09. The molecule has 15 nitrogen and oxygen atoms in total. The van der Waals surface area contributed by atoms with Gasteiger partial charge in [-0.15, -0.1) is 10.2 Å². The van der Waals surface area contributed by atoms with Gasteiger partial charge in [-0.3, -0.25) is 19.0 Å². The van der Waals surface area contributed by atoms with Gasteiger partial charge in [-0.1, -0.05) is 23.2 Å². The van der Waals surface area contributed by atoms with E-state index >= 15 is 0 Å². The first-order chi connectivity index (χ1) is 18.5. The topological polar surface area (TPSA) is 222 Å². The van der Waals surface area contributed by atoms with Crippen molar-refractivity contribution in [2.45, 2.75) is 16.7 Å². The lowest BCUT2D eigenvalue weighted by Gasteiger charge is -2.08. The number of benzene rings is 2. The maximum Gasteiger partial charge on any atom is 0.299 e. The molecule has 0 saturated carbocycles. The van der Waals surface area contributed by atoms with Crippen LogP contribution in [0.2, 0.25) is 20.6 Å². The lowest BCUT2D eigenvalue weighted by molar-refractivity contribution is 0.481. The van der Waals surface area contributed by atoms with Crippen molar-refractivity contribution in [3.05, 3.63) is 67.0 Å². The number of azo groups is 1. The van der Waals surface area contributed by atoms with E-state index in [2.05, 4.69) is 35.6 Å². The molecule has 0 amide bonds. The van der Waals surface area contributed by atoms with E-state index in [0.29, 0.717) is 0 Å². The van der Waals surface area contributed by atoms with E-state index in [1.54, 1.807) is 0 Å². The summed E-state index contributed by atoms with van der Waals surface area (Å²) >= 11 is 23.6. The quantitative estimate of drug-likeness (QED) is 0.153. The Morgan fingerprint density at radius 1 is 0.875 bits per heavy atom. The number of H-pyrrole nitrogens is 1. The summed E-state index contributed by atoms with van der Waals surface area (Å²) in [7, 11) is -9.48. The van der Waals surface area contributed by atoms with Crippen molar-refractivity contribution in [2.75, 3.05) is 5.32 Å². The Hall–Kier alpha value is -3.16. The number of aromatic nitrogens is 5. The molecule has 4 N–H and O–H groups in total. The molecule has 0 radical (unpaired) electrons. The zero-order chi connectivity index (χ0) is 29.6. The number of nitrogens with one attached hydrogen (secondary N) is 2. The van der Waals surface area contributed by atoms with Crippen LogP contribution >= 0.6 is 46.4 Å². The molecule has 210 valence electrons. The van der Waals surface area contributed by atoms with Crippen LogP contribution < -0.4 is 10.9 Å². The Labute approximate surface area is 244 Å². The molecule has 40 heavy (non-hydrogen) atoms. The highest BCUT2D eigenvalue weighted by Gasteiger charge is 2.22. The summed E-state index contributed by atoms with van der Waals surface area (Å²) in [6.45, 7) is 1.43. The molecule has 0 fully saturated rings. The van der Waals surface area contributed by atoms with Crippen molar-refractivity contribution in [1.82, 2.24) is 24.7 Å².